The number of thiophene rings is 4. The summed E-state index contributed by atoms with van der Waals surface area (Å²) in [6.07, 6.45) is 1.33. The number of phenolic OH excluding ortho intramolecular Hbond substituents is 3. The number of Topliss-reactive ketones (excluding diaryl/α,β-unsaturated/α-hetero) is 4. The summed E-state index contributed by atoms with van der Waals surface area (Å²) in [5.41, 5.74) is 23.9. The number of carbonyl (C=O) groups excluding carboxylic acids is 6. The average Bonchev–Trinajstić information content (AvgIpc) is 1.48. The molecule has 8 N–H and O–H groups in total. The van der Waals surface area contributed by atoms with Gasteiger partial charge in [0.05, 0.1) is 91.3 Å². The van der Waals surface area contributed by atoms with Crippen LogP contribution in [0, 0.1) is 20.8 Å². The van der Waals surface area contributed by atoms with Gasteiger partial charge in [0, 0.05) is 110 Å². The van der Waals surface area contributed by atoms with E-state index in [-0.39, 0.29) is 108 Å². The average molecular weight is 1990 g/mol. The number of carbonyl (C=O) groups is 8. The van der Waals surface area contributed by atoms with Gasteiger partial charge in [-0.1, -0.05) is 164 Å². The molecule has 0 bridgehead atoms. The number of nitrogens with two attached hydrogens (primary N) is 1. The largest absolute Gasteiger partial charge is 1.00 e. The third-order valence-electron chi connectivity index (χ3n) is 22.2. The Morgan fingerprint density at radius 2 is 0.592 bits per heavy atom. The third kappa shape index (κ3) is 28.7. The summed E-state index contributed by atoms with van der Waals surface area (Å²) in [5, 5.41) is 47.5. The number of carboxylic acid groups (broad SMARTS) is 2. The maximum absolute atomic E-state index is 13.4. The normalized spacial score (nSPS) is 10.5. The number of ketones is 4. The Hall–Kier alpha value is -15.0. The zero-order chi connectivity index (χ0) is 100. The van der Waals surface area contributed by atoms with E-state index < -0.39 is 17.2 Å². The minimum absolute atomic E-state index is 0. The molecule has 4 heterocycles. The number of esters is 1. The van der Waals surface area contributed by atoms with Crippen molar-refractivity contribution in [2.45, 2.75) is 72.6 Å². The molecule has 12 aromatic carbocycles. The molecule has 0 unspecified atom stereocenters. The van der Waals surface area contributed by atoms with Crippen molar-refractivity contribution >= 4 is 109 Å². The first-order valence-corrected chi connectivity index (χ1v) is 47.6. The Morgan fingerprint density at radius 3 is 0.887 bits per heavy atom. The van der Waals surface area contributed by atoms with Crippen molar-refractivity contribution < 1.29 is 121 Å². The van der Waals surface area contributed by atoms with Gasteiger partial charge in [0.2, 0.25) is 0 Å². The van der Waals surface area contributed by atoms with Crippen LogP contribution in [0.2, 0.25) is 0 Å². The van der Waals surface area contributed by atoms with Crippen LogP contribution in [-0.4, -0.2) is 127 Å². The van der Waals surface area contributed by atoms with E-state index in [2.05, 4.69) is 4.74 Å². The molecule has 0 aliphatic heterocycles. The number of benzene rings is 12. The van der Waals surface area contributed by atoms with Gasteiger partial charge in [-0.15, -0.1) is 45.3 Å². The second kappa shape index (κ2) is 51.8. The Kier molecular flexibility index (Phi) is 39.8. The predicted octanol–water partition coefficient (Wildman–Crippen LogP) is 22.3. The molecule has 0 radical (unpaired) electrons. The first-order chi connectivity index (χ1) is 67.4. The van der Waals surface area contributed by atoms with Crippen molar-refractivity contribution in [3.63, 3.8) is 0 Å². The van der Waals surface area contributed by atoms with E-state index >= 15 is 0 Å². The minimum atomic E-state index is -0.891. The van der Waals surface area contributed by atoms with Crippen molar-refractivity contribution in [1.29, 1.82) is 0 Å². The van der Waals surface area contributed by atoms with Crippen LogP contribution in [0.15, 0.2) is 291 Å². The number of aromatic hydroxyl groups is 3. The molecule has 0 spiro atoms. The van der Waals surface area contributed by atoms with Crippen LogP contribution in [0.5, 0.6) is 51.7 Å². The summed E-state index contributed by atoms with van der Waals surface area (Å²) < 4.78 is 38.0. The first kappa shape index (κ1) is 109. The topological polar surface area (TPSA) is 358 Å². The van der Waals surface area contributed by atoms with Crippen molar-refractivity contribution in [1.82, 2.24) is 0 Å². The Bertz CT molecular complexity index is 6920. The van der Waals surface area contributed by atoms with Crippen molar-refractivity contribution in [3.8, 4) is 138 Å². The number of nitrogen functional groups attached to an aromatic ring is 1. The van der Waals surface area contributed by atoms with Gasteiger partial charge in [-0.05, 0) is 227 Å². The van der Waals surface area contributed by atoms with Crippen molar-refractivity contribution in [3.05, 3.63) is 366 Å². The van der Waals surface area contributed by atoms with Crippen LogP contribution in [0.25, 0.3) is 86.3 Å². The number of hydrogen-bond donors (Lipinski definition) is 6. The maximum atomic E-state index is 13.4. The van der Waals surface area contributed by atoms with Gasteiger partial charge in [0.1, 0.15) is 57.5 Å². The van der Waals surface area contributed by atoms with Crippen LogP contribution in [0.1, 0.15) is 101 Å². The number of aliphatic carboxylic acids is 2. The summed E-state index contributed by atoms with van der Waals surface area (Å²) in [5.74, 6) is 1.37. The molecule has 0 aliphatic rings. The van der Waals surface area contributed by atoms with E-state index in [1.807, 2.05) is 251 Å². The number of hydrogen-bond acceptors (Lipinski definition) is 24. The summed E-state index contributed by atoms with van der Waals surface area (Å²) in [6, 6.07) is 88.9. The molecule has 16 aromatic rings. The van der Waals surface area contributed by atoms with Crippen molar-refractivity contribution in [2.24, 2.45) is 0 Å². The summed E-state index contributed by atoms with van der Waals surface area (Å²) in [7, 11) is 11.1. The van der Waals surface area contributed by atoms with Gasteiger partial charge >= 0.3 is 36.8 Å². The molecule has 4 aromatic heterocycles. The number of carboxylic acids is 2. The second-order valence-electron chi connectivity index (χ2n) is 32.3. The number of anilines is 1. The number of rotatable bonds is 32. The molecule has 0 aliphatic carbocycles. The Labute approximate surface area is 856 Å². The zero-order valence-corrected chi connectivity index (χ0v) is 84.1. The number of para-hydroxylation sites is 1. The fourth-order valence-corrected chi connectivity index (χ4v) is 20.2. The summed E-state index contributed by atoms with van der Waals surface area (Å²) in [4.78, 5) is 103. The van der Waals surface area contributed by atoms with E-state index in [4.69, 9.17) is 56.0 Å². The van der Waals surface area contributed by atoms with E-state index in [1.165, 1.54) is 29.8 Å². The van der Waals surface area contributed by atoms with Gasteiger partial charge in [0.25, 0.3) is 5.24 Å². The van der Waals surface area contributed by atoms with E-state index in [9.17, 15) is 53.7 Å². The molecule has 28 heteroatoms. The third-order valence-corrected chi connectivity index (χ3v) is 26.9. The molecule has 0 atom stereocenters. The van der Waals surface area contributed by atoms with Crippen LogP contribution >= 0.6 is 56.9 Å². The summed E-state index contributed by atoms with van der Waals surface area (Å²) in [6.45, 7) is 7.53. The van der Waals surface area contributed by atoms with Gasteiger partial charge in [-0.2, -0.15) is 0 Å². The standard InChI is InChI=1S/C30H28O4S.C29H26O5S.C26H20O6S.C16H15ClO3.C13H13NO2S.Li.H2O/c1-19-14-27(33-3)30(28(15-19)34-4)23-10-7-9-22(17-23)26(32)18-21-8-5-6-11-25(21)29-13-12-24(35-29)16-20(2)31;1-18-13-25(33-2)29(26(14-18)34-3)21-9-6-8-20(15-21)24(30)16-19-7-4-5-10-23(19)27-12-11-22(35-27)17-28(31)32;27-18-12-22(29)26(23(30)13-18)17-6-3-5-16(10-17)21(28)11-15-4-1-2-7-20(15)24-9-8-19(33-24)14-25(31)32;1-10-7-13(19-2)15(14(8-10)20-3)11-5-4-6-12(9-11)16(17)18;1-16-13(15)8-9-6-7-12(17-9)10-4-2-3-5-11(10)14;;/h5-15,17H,16,18H2,1-4H3;4-15H,16-17H2,1-3H3,(H,31,32);1-10,12-13,27,29-30H,11,14H2,(H,31,32);4-9H,1-3H3;2-7H,8,14H2,1H3;;1H2/q;;;;;+1;/p-1. The number of methoxy groups -OCH3 is 7. The van der Waals surface area contributed by atoms with Gasteiger partial charge in [-0.25, -0.2) is 0 Å². The summed E-state index contributed by atoms with van der Waals surface area (Å²) >= 11 is 11.5. The predicted molar refractivity (Wildman–Crippen MR) is 558 cm³/mol. The maximum Gasteiger partial charge on any atom is 1.00 e. The van der Waals surface area contributed by atoms with E-state index in [0.29, 0.717) is 75.2 Å². The molecular formula is C114H103ClLiNO21S4. The fourth-order valence-electron chi connectivity index (χ4n) is 15.7. The van der Waals surface area contributed by atoms with Crippen molar-refractivity contribution in [2.75, 3.05) is 55.5 Å². The molecule has 142 heavy (non-hydrogen) atoms. The number of phenols is 3. The fraction of sp³-hybridized carbons (Fsp3) is 0.158. The molecule has 0 fully saturated rings. The van der Waals surface area contributed by atoms with Crippen LogP contribution in [0.3, 0.4) is 0 Å². The quantitative estimate of drug-likeness (QED) is 0.00750. The van der Waals surface area contributed by atoms with Gasteiger partial charge < -0.3 is 69.9 Å². The second-order valence-corrected chi connectivity index (χ2v) is 37.3. The number of aryl methyl sites for hydroxylation is 3. The molecule has 0 amide bonds. The smallest absolute Gasteiger partial charge is 0.870 e. The molecule has 0 saturated carbocycles. The SMILES string of the molecule is COC(=O)Cc1ccc(-c2ccccc2N)s1.COc1cc(C)cc(OC)c1-c1cccc(C(=O)Cc2ccccc2-c2ccc(CC(=O)O)s2)c1.COc1cc(C)cc(OC)c1-c1cccc(C(=O)Cc2ccccc2-c2ccc(CC(C)=O)s2)c1.COc1cc(C)cc(OC)c1-c1cccc(C(=O)Cl)c1.O=C(O)Cc1ccc(-c2ccccc2CC(=O)c2cccc(-c3c(O)cc(O)cc3O)c2)s1.[Li+].[OH-]. The van der Waals surface area contributed by atoms with E-state index in [0.717, 1.165) is 146 Å². The molecule has 722 valence electrons. The molecule has 16 rings (SSSR count). The van der Waals surface area contributed by atoms with Crippen LogP contribution < -0.4 is 53.0 Å². The first-order valence-electron chi connectivity index (χ1n) is 44.0. The number of ether oxygens (including phenoxy) is 7. The molecule has 0 saturated heterocycles. The van der Waals surface area contributed by atoms with Gasteiger partial charge in [-0.3, -0.25) is 38.4 Å². The Balaban J connectivity index is 0.000000186. The van der Waals surface area contributed by atoms with Crippen LogP contribution in [0.4, 0.5) is 5.69 Å². The van der Waals surface area contributed by atoms with Crippen LogP contribution in [-0.2, 0) is 68.9 Å². The monoisotopic (exact) mass is 1990 g/mol. The molecular weight excluding hydrogens is 1890 g/mol. The zero-order valence-electron chi connectivity index (χ0n) is 80.1. The molecule has 22 nitrogen and oxygen atoms in total. The van der Waals surface area contributed by atoms with Gasteiger partial charge in [0.15, 0.2) is 17.3 Å². The van der Waals surface area contributed by atoms with E-state index in [1.54, 1.807) is 121 Å². The Morgan fingerprint density at radius 1 is 0.317 bits per heavy atom. The minimum Gasteiger partial charge on any atom is -0.870 e. The number of halogens is 1.